The summed E-state index contributed by atoms with van der Waals surface area (Å²) in [6, 6.07) is 11.1. The molecule has 5 N–H and O–H groups in total. The first-order valence-electron chi connectivity index (χ1n) is 12.7. The molecule has 0 saturated carbocycles. The first kappa shape index (κ1) is 31.4. The third-order valence-electron chi connectivity index (χ3n) is 6.25. The van der Waals surface area contributed by atoms with E-state index < -0.39 is 32.9 Å². The summed E-state index contributed by atoms with van der Waals surface area (Å²) in [5.41, 5.74) is 5.86. The van der Waals surface area contributed by atoms with Gasteiger partial charge in [0.2, 0.25) is 0 Å². The number of anilines is 3. The zero-order valence-corrected chi connectivity index (χ0v) is 24.1. The molecule has 4 rings (SSSR count). The van der Waals surface area contributed by atoms with Gasteiger partial charge < -0.3 is 25.0 Å². The lowest BCUT2D eigenvalue weighted by Gasteiger charge is -2.19. The molecule has 0 atom stereocenters. The third kappa shape index (κ3) is 7.45. The van der Waals surface area contributed by atoms with Crippen LogP contribution in [0.4, 0.5) is 30.5 Å². The SMILES string of the molecule is COCC(C)(C)c1cc(Nc2[nH]nc(-c3ccc(NS(=O)(=O)C(F)F)c(OCCc4ccc(F)cc4)c3)c2C(N)=O)no1. The maximum atomic E-state index is 13.2. The van der Waals surface area contributed by atoms with Gasteiger partial charge in [-0.05, 0) is 29.8 Å². The number of primary amides is 1. The Balaban J connectivity index is 1.65. The van der Waals surface area contributed by atoms with E-state index in [1.807, 2.05) is 18.6 Å². The molecular formula is C27H29F3N6O6S. The number of aromatic amines is 1. The fraction of sp³-hybridized carbons (Fsp3) is 0.296. The van der Waals surface area contributed by atoms with E-state index in [-0.39, 0.29) is 52.9 Å². The van der Waals surface area contributed by atoms with Gasteiger partial charge in [0, 0.05) is 30.6 Å². The Bertz CT molecular complexity index is 1690. The highest BCUT2D eigenvalue weighted by Gasteiger charge is 2.28. The number of benzene rings is 2. The summed E-state index contributed by atoms with van der Waals surface area (Å²) in [5.74, 6) is -4.25. The second-order valence-electron chi connectivity index (χ2n) is 10.0. The number of carbonyl (C=O) groups is 1. The molecule has 0 aliphatic heterocycles. The molecule has 1 amide bonds. The minimum absolute atomic E-state index is 0.0253. The van der Waals surface area contributed by atoms with Gasteiger partial charge in [0.25, 0.3) is 15.9 Å². The molecule has 0 bridgehead atoms. The van der Waals surface area contributed by atoms with Gasteiger partial charge in [-0.15, -0.1) is 0 Å². The Morgan fingerprint density at radius 2 is 1.88 bits per heavy atom. The molecule has 0 spiro atoms. The molecule has 2 aromatic heterocycles. The van der Waals surface area contributed by atoms with Gasteiger partial charge in [0.05, 0.1) is 18.9 Å². The van der Waals surface area contributed by atoms with Crippen molar-refractivity contribution in [2.24, 2.45) is 5.73 Å². The number of H-pyrrole nitrogens is 1. The van der Waals surface area contributed by atoms with Crippen LogP contribution in [0.2, 0.25) is 0 Å². The van der Waals surface area contributed by atoms with Crippen LogP contribution in [0, 0.1) is 5.82 Å². The van der Waals surface area contributed by atoms with Crippen LogP contribution in [0.25, 0.3) is 11.3 Å². The highest BCUT2D eigenvalue weighted by molar-refractivity contribution is 7.93. The molecule has 0 radical (unpaired) electrons. The Hall–Kier alpha value is -4.57. The van der Waals surface area contributed by atoms with Gasteiger partial charge in [-0.2, -0.15) is 13.9 Å². The van der Waals surface area contributed by atoms with E-state index in [0.29, 0.717) is 17.9 Å². The van der Waals surface area contributed by atoms with Gasteiger partial charge >= 0.3 is 5.76 Å². The summed E-state index contributed by atoms with van der Waals surface area (Å²) in [5, 5.41) is 13.7. The molecule has 2 aromatic carbocycles. The second-order valence-corrected chi connectivity index (χ2v) is 11.7. The predicted molar refractivity (Wildman–Crippen MR) is 151 cm³/mol. The summed E-state index contributed by atoms with van der Waals surface area (Å²) in [6.45, 7) is 4.13. The molecule has 0 fully saturated rings. The average molecular weight is 623 g/mol. The van der Waals surface area contributed by atoms with Gasteiger partial charge in [-0.1, -0.05) is 37.2 Å². The van der Waals surface area contributed by atoms with Crippen LogP contribution >= 0.6 is 0 Å². The number of rotatable bonds is 14. The van der Waals surface area contributed by atoms with Crippen molar-refractivity contribution in [1.29, 1.82) is 0 Å². The normalized spacial score (nSPS) is 12.0. The summed E-state index contributed by atoms with van der Waals surface area (Å²) in [7, 11) is -3.47. The largest absolute Gasteiger partial charge is 0.491 e. The predicted octanol–water partition coefficient (Wildman–Crippen LogP) is 4.56. The summed E-state index contributed by atoms with van der Waals surface area (Å²) in [4.78, 5) is 12.5. The zero-order chi connectivity index (χ0) is 31.4. The second kappa shape index (κ2) is 12.7. The van der Waals surface area contributed by atoms with E-state index in [9.17, 15) is 26.4 Å². The van der Waals surface area contributed by atoms with E-state index in [1.54, 1.807) is 25.3 Å². The van der Waals surface area contributed by atoms with E-state index >= 15 is 0 Å². The number of ether oxygens (including phenoxy) is 2. The maximum absolute atomic E-state index is 13.2. The smallest absolute Gasteiger partial charge is 0.355 e. The number of halogens is 3. The van der Waals surface area contributed by atoms with Gasteiger partial charge in [0.15, 0.2) is 5.82 Å². The lowest BCUT2D eigenvalue weighted by atomic mass is 9.91. The Morgan fingerprint density at radius 1 is 1.16 bits per heavy atom. The monoisotopic (exact) mass is 622 g/mol. The molecular weight excluding hydrogens is 593 g/mol. The number of alkyl halides is 2. The van der Waals surface area contributed by atoms with Crippen molar-refractivity contribution >= 4 is 33.3 Å². The Morgan fingerprint density at radius 3 is 2.53 bits per heavy atom. The highest BCUT2D eigenvalue weighted by atomic mass is 32.2. The zero-order valence-electron chi connectivity index (χ0n) is 23.3. The minimum atomic E-state index is -5.03. The molecule has 2 heterocycles. The van der Waals surface area contributed by atoms with Crippen LogP contribution in [-0.2, 0) is 26.6 Å². The number of amides is 1. The fourth-order valence-corrected chi connectivity index (χ4v) is 4.66. The minimum Gasteiger partial charge on any atom is -0.491 e. The van der Waals surface area contributed by atoms with Gasteiger partial charge in [-0.25, -0.2) is 12.8 Å². The Labute approximate surface area is 244 Å². The summed E-state index contributed by atoms with van der Waals surface area (Å²) < 4.78 is 81.4. The van der Waals surface area contributed by atoms with Crippen LogP contribution in [-0.4, -0.2) is 55.8 Å². The number of nitrogens with one attached hydrogen (secondary N) is 3. The van der Waals surface area contributed by atoms with E-state index in [4.69, 9.17) is 19.7 Å². The third-order valence-corrected chi connectivity index (χ3v) is 7.23. The highest BCUT2D eigenvalue weighted by Crippen LogP contribution is 2.35. The number of hydrogen-bond acceptors (Lipinski definition) is 9. The van der Waals surface area contributed by atoms with Crippen LogP contribution in [0.5, 0.6) is 5.75 Å². The number of aromatic nitrogens is 3. The quantitative estimate of drug-likeness (QED) is 0.157. The molecule has 43 heavy (non-hydrogen) atoms. The first-order chi connectivity index (χ1) is 20.3. The van der Waals surface area contributed by atoms with Crippen molar-refractivity contribution in [3.05, 3.63) is 71.2 Å². The topological polar surface area (TPSA) is 174 Å². The number of sulfonamides is 1. The van der Waals surface area contributed by atoms with Gasteiger partial charge in [-0.3, -0.25) is 14.6 Å². The number of hydrogen-bond donors (Lipinski definition) is 4. The van der Waals surface area contributed by atoms with Crippen molar-refractivity contribution < 1.29 is 40.4 Å². The standard InChI is InChI=1S/C27H29F3N6O6S/c1-27(2,14-40-3)20-13-21(35-42-20)32-25-22(24(31)37)23(33-34-25)16-6-9-18(36-43(38,39)26(29)30)19(12-16)41-11-10-15-4-7-17(28)8-5-15/h4-9,12-13,26,36H,10-11,14H2,1-3H3,(H2,31,37)(H2,32,33,34,35). The van der Waals surface area contributed by atoms with E-state index in [2.05, 4.69) is 20.7 Å². The molecule has 0 saturated heterocycles. The van der Waals surface area contributed by atoms with E-state index in [0.717, 1.165) is 0 Å². The molecule has 0 aliphatic rings. The summed E-state index contributed by atoms with van der Waals surface area (Å²) in [6.07, 6.45) is 0.287. The van der Waals surface area contributed by atoms with Crippen LogP contribution in [0.15, 0.2) is 53.1 Å². The lowest BCUT2D eigenvalue weighted by molar-refractivity contribution is 0.100. The molecule has 0 aliphatic carbocycles. The molecule has 0 unspecified atom stereocenters. The lowest BCUT2D eigenvalue weighted by Crippen LogP contribution is -2.22. The van der Waals surface area contributed by atoms with Crippen LogP contribution < -0.4 is 20.5 Å². The van der Waals surface area contributed by atoms with Crippen molar-refractivity contribution in [2.45, 2.75) is 31.4 Å². The molecule has 4 aromatic rings. The van der Waals surface area contributed by atoms with Crippen LogP contribution in [0.3, 0.4) is 0 Å². The van der Waals surface area contributed by atoms with Crippen molar-refractivity contribution in [3.63, 3.8) is 0 Å². The van der Waals surface area contributed by atoms with E-state index in [1.165, 1.54) is 30.3 Å². The number of nitrogens with zero attached hydrogens (tertiary/aromatic N) is 2. The maximum Gasteiger partial charge on any atom is 0.355 e. The van der Waals surface area contributed by atoms with Gasteiger partial charge in [0.1, 0.15) is 34.4 Å². The number of methoxy groups -OCH3 is 1. The fourth-order valence-electron chi connectivity index (χ4n) is 4.10. The summed E-state index contributed by atoms with van der Waals surface area (Å²) >= 11 is 0. The number of nitrogens with two attached hydrogens (primary N) is 1. The molecule has 12 nitrogen and oxygen atoms in total. The van der Waals surface area contributed by atoms with Crippen LogP contribution in [0.1, 0.15) is 35.5 Å². The first-order valence-corrected chi connectivity index (χ1v) is 14.3. The van der Waals surface area contributed by atoms with Crippen molar-refractivity contribution in [3.8, 4) is 17.0 Å². The number of carbonyl (C=O) groups excluding carboxylic acids is 1. The Kier molecular flexibility index (Phi) is 9.30. The van der Waals surface area contributed by atoms with Crippen molar-refractivity contribution in [2.75, 3.05) is 30.4 Å². The average Bonchev–Trinajstić information content (AvgIpc) is 3.59. The molecule has 16 heteroatoms. The van der Waals surface area contributed by atoms with Crippen molar-refractivity contribution in [1.82, 2.24) is 15.4 Å². The molecule has 230 valence electrons.